The summed E-state index contributed by atoms with van der Waals surface area (Å²) in [5.41, 5.74) is 0.297. The number of ether oxygens (including phenoxy) is 1. The van der Waals surface area contributed by atoms with Crippen molar-refractivity contribution in [3.63, 3.8) is 0 Å². The van der Waals surface area contributed by atoms with E-state index in [0.29, 0.717) is 12.0 Å². The van der Waals surface area contributed by atoms with Crippen LogP contribution in [0.3, 0.4) is 0 Å². The second-order valence-electron chi connectivity index (χ2n) is 3.59. The molecule has 0 radical (unpaired) electrons. The molecule has 0 aliphatic carbocycles. The number of nitrogens with zero attached hydrogens (tertiary/aromatic N) is 1. The van der Waals surface area contributed by atoms with Gasteiger partial charge in [-0.2, -0.15) is 0 Å². The minimum absolute atomic E-state index is 0.0323. The van der Waals surface area contributed by atoms with Gasteiger partial charge in [-0.3, -0.25) is 4.79 Å². The van der Waals surface area contributed by atoms with E-state index in [2.05, 4.69) is 4.98 Å². The zero-order chi connectivity index (χ0) is 13.8. The minimum Gasteiger partial charge on any atom is -0.407 e. The van der Waals surface area contributed by atoms with Crippen molar-refractivity contribution >= 4 is 52.4 Å². The average Bonchev–Trinajstić information content (AvgIpc) is 2.24. The predicted molar refractivity (Wildman–Crippen MR) is 73.6 cm³/mol. The number of hydrogen-bond donors (Lipinski definition) is 0. The van der Waals surface area contributed by atoms with Crippen molar-refractivity contribution in [1.82, 2.24) is 4.98 Å². The lowest BCUT2D eigenvalue weighted by molar-refractivity contribution is -0.134. The highest BCUT2D eigenvalue weighted by molar-refractivity contribution is 6.66. The van der Waals surface area contributed by atoms with Gasteiger partial charge in [-0.05, 0) is 12.5 Å². The summed E-state index contributed by atoms with van der Waals surface area (Å²) < 4.78 is 3.38. The van der Waals surface area contributed by atoms with Crippen LogP contribution in [0.4, 0.5) is 0 Å². The molecule has 0 atom stereocenters. The first-order valence-electron chi connectivity index (χ1n) is 5.28. The van der Waals surface area contributed by atoms with Gasteiger partial charge in [-0.15, -0.1) is 0 Å². The van der Waals surface area contributed by atoms with Crippen LogP contribution in [0.1, 0.15) is 31.7 Å². The molecule has 1 rings (SSSR count). The molecule has 0 amide bonds. The predicted octanol–water partition coefficient (Wildman–Crippen LogP) is 4.66. The standard InChI is InChI=1S/C11H11Cl4NO2/c1-2-3-4-10(17)18-9-6-7(11(13,14)15)5-8(12)16-9/h5-6H,2-4H2,1H3. The summed E-state index contributed by atoms with van der Waals surface area (Å²) in [6.45, 7) is 1.98. The summed E-state index contributed by atoms with van der Waals surface area (Å²) in [6, 6.07) is 2.78. The minimum atomic E-state index is -1.64. The quantitative estimate of drug-likeness (QED) is 0.458. The summed E-state index contributed by atoms with van der Waals surface area (Å²) in [6.07, 6.45) is 1.96. The van der Waals surface area contributed by atoms with Gasteiger partial charge in [0, 0.05) is 18.1 Å². The number of carbonyl (C=O) groups excluding carboxylic acids is 1. The number of halogens is 4. The molecule has 0 aliphatic rings. The second-order valence-corrected chi connectivity index (χ2v) is 6.26. The Hall–Kier alpha value is -0.220. The number of hydrogen-bond acceptors (Lipinski definition) is 3. The van der Waals surface area contributed by atoms with Crippen LogP contribution >= 0.6 is 46.4 Å². The van der Waals surface area contributed by atoms with E-state index in [-0.39, 0.29) is 17.0 Å². The van der Waals surface area contributed by atoms with Gasteiger partial charge in [-0.1, -0.05) is 59.7 Å². The highest BCUT2D eigenvalue weighted by Crippen LogP contribution is 2.39. The molecule has 100 valence electrons. The van der Waals surface area contributed by atoms with E-state index >= 15 is 0 Å². The van der Waals surface area contributed by atoms with Crippen molar-refractivity contribution in [2.24, 2.45) is 0 Å². The van der Waals surface area contributed by atoms with Crippen LogP contribution in [0.15, 0.2) is 12.1 Å². The van der Waals surface area contributed by atoms with E-state index in [9.17, 15) is 4.79 Å². The molecule has 0 aliphatic heterocycles. The summed E-state index contributed by atoms with van der Waals surface area (Å²) in [7, 11) is 0. The van der Waals surface area contributed by atoms with Crippen molar-refractivity contribution in [2.75, 3.05) is 0 Å². The summed E-state index contributed by atoms with van der Waals surface area (Å²) >= 11 is 22.9. The number of unbranched alkanes of at least 4 members (excludes halogenated alkanes) is 1. The molecule has 7 heteroatoms. The SMILES string of the molecule is CCCCC(=O)Oc1cc(C(Cl)(Cl)Cl)cc(Cl)n1. The Morgan fingerprint density at radius 3 is 2.61 bits per heavy atom. The number of alkyl halides is 3. The summed E-state index contributed by atoms with van der Waals surface area (Å²) in [5, 5.41) is 0.0946. The van der Waals surface area contributed by atoms with Crippen LogP contribution in [0, 0.1) is 0 Å². The monoisotopic (exact) mass is 329 g/mol. The fraction of sp³-hybridized carbons (Fsp3) is 0.455. The molecule has 0 aromatic carbocycles. The van der Waals surface area contributed by atoms with Crippen molar-refractivity contribution < 1.29 is 9.53 Å². The molecule has 0 fully saturated rings. The Kier molecular flexibility index (Phi) is 5.99. The van der Waals surface area contributed by atoms with Gasteiger partial charge in [-0.25, -0.2) is 4.98 Å². The van der Waals surface area contributed by atoms with Crippen molar-refractivity contribution in [3.05, 3.63) is 22.8 Å². The fourth-order valence-corrected chi connectivity index (χ4v) is 1.71. The van der Waals surface area contributed by atoms with Gasteiger partial charge >= 0.3 is 5.97 Å². The Morgan fingerprint density at radius 2 is 2.06 bits per heavy atom. The normalized spacial score (nSPS) is 11.4. The first kappa shape index (κ1) is 15.8. The highest BCUT2D eigenvalue weighted by atomic mass is 35.6. The maximum absolute atomic E-state index is 11.4. The molecule has 0 unspecified atom stereocenters. The van der Waals surface area contributed by atoms with E-state index in [4.69, 9.17) is 51.1 Å². The van der Waals surface area contributed by atoms with Crippen LogP contribution in [0.25, 0.3) is 0 Å². The molecule has 1 aromatic rings. The topological polar surface area (TPSA) is 39.2 Å². The summed E-state index contributed by atoms with van der Waals surface area (Å²) in [4.78, 5) is 15.3. The lowest BCUT2D eigenvalue weighted by Gasteiger charge is -2.12. The molecule has 0 saturated carbocycles. The molecule has 0 bridgehead atoms. The lowest BCUT2D eigenvalue weighted by Crippen LogP contribution is -2.10. The zero-order valence-corrected chi connectivity index (χ0v) is 12.6. The Bertz CT molecular complexity index is 432. The van der Waals surface area contributed by atoms with E-state index in [1.165, 1.54) is 12.1 Å². The largest absolute Gasteiger partial charge is 0.407 e. The van der Waals surface area contributed by atoms with E-state index in [1.807, 2.05) is 6.92 Å². The molecular formula is C11H11Cl4NO2. The third kappa shape index (κ3) is 5.19. The second kappa shape index (κ2) is 6.80. The maximum atomic E-state index is 11.4. The third-order valence-electron chi connectivity index (χ3n) is 2.05. The number of carbonyl (C=O) groups is 1. The third-order valence-corrected chi connectivity index (χ3v) is 2.90. The van der Waals surface area contributed by atoms with Crippen LogP contribution in [0.2, 0.25) is 5.15 Å². The molecule has 0 spiro atoms. The van der Waals surface area contributed by atoms with E-state index in [0.717, 1.165) is 12.8 Å². The molecule has 18 heavy (non-hydrogen) atoms. The van der Waals surface area contributed by atoms with Gasteiger partial charge in [0.1, 0.15) is 5.15 Å². The highest BCUT2D eigenvalue weighted by Gasteiger charge is 2.24. The number of pyridine rings is 1. The van der Waals surface area contributed by atoms with Crippen molar-refractivity contribution in [1.29, 1.82) is 0 Å². The van der Waals surface area contributed by atoms with Gasteiger partial charge in [0.05, 0.1) is 0 Å². The smallest absolute Gasteiger partial charge is 0.312 e. The molecule has 3 nitrogen and oxygen atoms in total. The summed E-state index contributed by atoms with van der Waals surface area (Å²) in [5.74, 6) is -0.355. The number of rotatable bonds is 4. The fourth-order valence-electron chi connectivity index (χ4n) is 1.18. The van der Waals surface area contributed by atoms with Crippen LogP contribution in [-0.2, 0) is 8.59 Å². The van der Waals surface area contributed by atoms with Crippen LogP contribution < -0.4 is 4.74 Å². The van der Waals surface area contributed by atoms with Crippen molar-refractivity contribution in [3.8, 4) is 5.88 Å². The van der Waals surface area contributed by atoms with E-state index < -0.39 is 3.79 Å². The molecule has 1 heterocycles. The van der Waals surface area contributed by atoms with Gasteiger partial charge in [0.15, 0.2) is 0 Å². The first-order valence-corrected chi connectivity index (χ1v) is 6.79. The van der Waals surface area contributed by atoms with Crippen LogP contribution in [-0.4, -0.2) is 11.0 Å². The maximum Gasteiger partial charge on any atom is 0.312 e. The first-order chi connectivity index (χ1) is 8.32. The molecule has 0 saturated heterocycles. The van der Waals surface area contributed by atoms with Crippen LogP contribution in [0.5, 0.6) is 5.88 Å². The molecule has 0 N–H and O–H groups in total. The Morgan fingerprint density at radius 1 is 1.39 bits per heavy atom. The Balaban J connectivity index is 2.84. The number of aromatic nitrogens is 1. The molecule has 1 aromatic heterocycles. The zero-order valence-electron chi connectivity index (χ0n) is 9.55. The van der Waals surface area contributed by atoms with E-state index in [1.54, 1.807) is 0 Å². The van der Waals surface area contributed by atoms with Gasteiger partial charge in [0.25, 0.3) is 0 Å². The Labute approximate surface area is 125 Å². The lowest BCUT2D eigenvalue weighted by atomic mass is 10.2. The average molecular weight is 331 g/mol. The van der Waals surface area contributed by atoms with Gasteiger partial charge in [0.2, 0.25) is 9.67 Å². The molecular weight excluding hydrogens is 320 g/mol. The number of esters is 1. The van der Waals surface area contributed by atoms with Gasteiger partial charge < -0.3 is 4.74 Å². The van der Waals surface area contributed by atoms with Crippen molar-refractivity contribution in [2.45, 2.75) is 30.0 Å².